The van der Waals surface area contributed by atoms with Crippen LogP contribution in [0.2, 0.25) is 0 Å². The van der Waals surface area contributed by atoms with Gasteiger partial charge in [-0.05, 0) is 67.1 Å². The fourth-order valence-electron chi connectivity index (χ4n) is 5.17. The maximum absolute atomic E-state index is 14.2. The van der Waals surface area contributed by atoms with E-state index in [2.05, 4.69) is 11.6 Å². The predicted molar refractivity (Wildman–Crippen MR) is 172 cm³/mol. The third-order valence-corrected chi connectivity index (χ3v) is 8.18. The summed E-state index contributed by atoms with van der Waals surface area (Å²) in [6, 6.07) is 21.2. The Kier molecular flexibility index (Phi) is 8.41. The zero-order chi connectivity index (χ0) is 32.4. The molecule has 1 aliphatic rings. The molecule has 0 saturated carbocycles. The predicted octanol–water partition coefficient (Wildman–Crippen LogP) is 4.88. The minimum Gasteiger partial charge on any atom is -0.458 e. The zero-order valence-corrected chi connectivity index (χ0v) is 25.7. The number of aromatic nitrogens is 3. The second-order valence-electron chi connectivity index (χ2n) is 10.4. The van der Waals surface area contributed by atoms with Crippen LogP contribution in [0.5, 0.6) is 5.75 Å². The number of hydrogen-bond donors (Lipinski definition) is 0. The number of esters is 2. The average Bonchev–Trinajstić information content (AvgIpc) is 3.60. The Hall–Kier alpha value is -5.68. The normalized spacial score (nSPS) is 14.4. The Morgan fingerprint density at radius 1 is 1.04 bits per heavy atom. The summed E-state index contributed by atoms with van der Waals surface area (Å²) in [5.74, 6) is -1.16. The number of para-hydroxylation sites is 1. The van der Waals surface area contributed by atoms with E-state index in [4.69, 9.17) is 14.6 Å². The number of thiazole rings is 1. The molecule has 0 N–H and O–H groups in total. The summed E-state index contributed by atoms with van der Waals surface area (Å²) >= 11 is 1.17. The molecule has 0 saturated heterocycles. The van der Waals surface area contributed by atoms with Crippen LogP contribution in [0, 0.1) is 5.82 Å². The van der Waals surface area contributed by atoms with Crippen LogP contribution in [0.25, 0.3) is 23.0 Å². The minimum absolute atomic E-state index is 0.0181. The Labute approximate surface area is 266 Å². The van der Waals surface area contributed by atoms with E-state index in [-0.39, 0.29) is 23.6 Å². The van der Waals surface area contributed by atoms with E-state index >= 15 is 0 Å². The second-order valence-corrected chi connectivity index (χ2v) is 11.4. The van der Waals surface area contributed by atoms with Crippen molar-refractivity contribution in [1.82, 2.24) is 14.3 Å². The first-order chi connectivity index (χ1) is 22.2. The van der Waals surface area contributed by atoms with Gasteiger partial charge in [0.2, 0.25) is 0 Å². The molecule has 0 unspecified atom stereocenters. The number of ether oxygens (including phenoxy) is 2. The average molecular weight is 635 g/mol. The van der Waals surface area contributed by atoms with Gasteiger partial charge in [-0.2, -0.15) is 5.10 Å². The maximum atomic E-state index is 14.2. The second kappa shape index (κ2) is 12.7. The van der Waals surface area contributed by atoms with Crippen molar-refractivity contribution in [2.75, 3.05) is 6.61 Å². The number of carbonyl (C=O) groups excluding carboxylic acids is 2. The van der Waals surface area contributed by atoms with Crippen molar-refractivity contribution in [1.29, 1.82) is 0 Å². The summed E-state index contributed by atoms with van der Waals surface area (Å²) in [4.78, 5) is 44.1. The Bertz CT molecular complexity index is 2180. The molecule has 1 atom stereocenters. The summed E-state index contributed by atoms with van der Waals surface area (Å²) in [6.07, 6.45) is 4.99. The molecule has 46 heavy (non-hydrogen) atoms. The molecule has 0 spiro atoms. The van der Waals surface area contributed by atoms with Gasteiger partial charge < -0.3 is 9.47 Å². The standard InChI is InChI=1S/C35H27FN4O5S/c1-4-18-44-34(43)30-21(2)37-35-40(32(30)24-12-16-28(17-13-24)45-22(3)41)33(42)29(46-35)19-25-20-39(27-8-6-5-7-9-27)38-31(25)23-10-14-26(36)15-11-23/h4-17,19-20,32H,1,18H2,2-3H3/b29-19+/t32-/m1/s1. The van der Waals surface area contributed by atoms with Crippen molar-refractivity contribution in [3.8, 4) is 22.7 Å². The molecule has 0 fully saturated rings. The Morgan fingerprint density at radius 2 is 1.76 bits per heavy atom. The molecule has 9 nitrogen and oxygen atoms in total. The highest BCUT2D eigenvalue weighted by atomic mass is 32.1. The first-order valence-electron chi connectivity index (χ1n) is 14.2. The van der Waals surface area contributed by atoms with Gasteiger partial charge in [-0.1, -0.05) is 54.3 Å². The van der Waals surface area contributed by atoms with Crippen molar-refractivity contribution in [2.24, 2.45) is 4.99 Å². The number of nitrogens with zero attached hydrogens (tertiary/aromatic N) is 4. The molecular formula is C35H27FN4O5S. The molecule has 11 heteroatoms. The monoisotopic (exact) mass is 634 g/mol. The lowest BCUT2D eigenvalue weighted by Crippen LogP contribution is -2.39. The van der Waals surface area contributed by atoms with Gasteiger partial charge in [-0.25, -0.2) is 18.9 Å². The van der Waals surface area contributed by atoms with Crippen LogP contribution < -0.4 is 19.6 Å². The van der Waals surface area contributed by atoms with Gasteiger partial charge in [0.25, 0.3) is 5.56 Å². The van der Waals surface area contributed by atoms with Crippen LogP contribution in [-0.4, -0.2) is 32.9 Å². The molecule has 3 aromatic carbocycles. The van der Waals surface area contributed by atoms with E-state index in [9.17, 15) is 18.8 Å². The van der Waals surface area contributed by atoms with E-state index in [1.165, 1.54) is 41.0 Å². The van der Waals surface area contributed by atoms with Gasteiger partial charge in [-0.3, -0.25) is 14.2 Å². The Morgan fingerprint density at radius 3 is 2.43 bits per heavy atom. The van der Waals surface area contributed by atoms with Crippen LogP contribution in [0.1, 0.15) is 31.0 Å². The molecule has 230 valence electrons. The molecular weight excluding hydrogens is 607 g/mol. The van der Waals surface area contributed by atoms with Crippen LogP contribution in [0.3, 0.4) is 0 Å². The molecule has 6 rings (SSSR count). The smallest absolute Gasteiger partial charge is 0.338 e. The van der Waals surface area contributed by atoms with Crippen molar-refractivity contribution in [3.63, 3.8) is 0 Å². The third kappa shape index (κ3) is 6.00. The minimum atomic E-state index is -0.870. The van der Waals surface area contributed by atoms with Gasteiger partial charge in [0.15, 0.2) is 4.80 Å². The topological polar surface area (TPSA) is 105 Å². The summed E-state index contributed by atoms with van der Waals surface area (Å²) in [5.41, 5.74) is 3.47. The van der Waals surface area contributed by atoms with Gasteiger partial charge in [0.05, 0.1) is 27.5 Å². The highest BCUT2D eigenvalue weighted by Crippen LogP contribution is 2.32. The lowest BCUT2D eigenvalue weighted by atomic mass is 9.96. The van der Waals surface area contributed by atoms with Gasteiger partial charge in [0, 0.05) is 24.2 Å². The SMILES string of the molecule is C=CCOC(=O)C1=C(C)N=c2s/c(=C/c3cn(-c4ccccc4)nc3-c3ccc(F)cc3)c(=O)n2[C@@H]1c1ccc(OC(C)=O)cc1. The molecule has 0 radical (unpaired) electrons. The number of halogens is 1. The first kappa shape index (κ1) is 30.4. The fourth-order valence-corrected chi connectivity index (χ4v) is 6.21. The number of benzene rings is 3. The zero-order valence-electron chi connectivity index (χ0n) is 24.8. The van der Waals surface area contributed by atoms with Gasteiger partial charge >= 0.3 is 11.9 Å². The quantitative estimate of drug-likeness (QED) is 0.137. The van der Waals surface area contributed by atoms with E-state index in [0.717, 1.165) is 5.69 Å². The Balaban J connectivity index is 1.53. The molecule has 1 aliphatic heterocycles. The lowest BCUT2D eigenvalue weighted by Gasteiger charge is -2.24. The van der Waals surface area contributed by atoms with Crippen LogP contribution in [0.15, 0.2) is 119 Å². The summed E-state index contributed by atoms with van der Waals surface area (Å²) in [7, 11) is 0. The number of rotatable bonds is 8. The molecule has 0 aliphatic carbocycles. The van der Waals surface area contributed by atoms with Crippen molar-refractivity contribution >= 4 is 29.4 Å². The highest BCUT2D eigenvalue weighted by molar-refractivity contribution is 7.07. The van der Waals surface area contributed by atoms with Gasteiger partial charge in [-0.15, -0.1) is 0 Å². The number of fused-ring (bicyclic) bond motifs is 1. The molecule has 0 bridgehead atoms. The first-order valence-corrected chi connectivity index (χ1v) is 15.0. The highest BCUT2D eigenvalue weighted by Gasteiger charge is 2.33. The maximum Gasteiger partial charge on any atom is 0.338 e. The molecule has 0 amide bonds. The lowest BCUT2D eigenvalue weighted by molar-refractivity contribution is -0.138. The molecule has 2 aromatic heterocycles. The van der Waals surface area contributed by atoms with Gasteiger partial charge in [0.1, 0.15) is 23.9 Å². The van der Waals surface area contributed by atoms with E-state index in [1.54, 1.807) is 60.3 Å². The number of hydrogen-bond acceptors (Lipinski definition) is 8. The number of carbonyl (C=O) groups is 2. The largest absolute Gasteiger partial charge is 0.458 e. The summed E-state index contributed by atoms with van der Waals surface area (Å²) < 4.78 is 27.9. The van der Waals surface area contributed by atoms with Crippen LogP contribution in [0.4, 0.5) is 4.39 Å². The molecule has 5 aromatic rings. The van der Waals surface area contributed by atoms with Crippen molar-refractivity contribution in [3.05, 3.63) is 146 Å². The van der Waals surface area contributed by atoms with Crippen LogP contribution >= 0.6 is 11.3 Å². The third-order valence-electron chi connectivity index (χ3n) is 7.20. The van der Waals surface area contributed by atoms with E-state index < -0.39 is 18.0 Å². The summed E-state index contributed by atoms with van der Waals surface area (Å²) in [5, 5.41) is 4.78. The number of allylic oxidation sites excluding steroid dienone is 1. The van der Waals surface area contributed by atoms with Crippen LogP contribution in [-0.2, 0) is 14.3 Å². The van der Waals surface area contributed by atoms with Crippen molar-refractivity contribution < 1.29 is 23.5 Å². The summed E-state index contributed by atoms with van der Waals surface area (Å²) in [6.45, 7) is 6.59. The van der Waals surface area contributed by atoms with E-state index in [0.29, 0.717) is 43.2 Å². The fraction of sp³-hybridized carbons (Fsp3) is 0.114. The van der Waals surface area contributed by atoms with E-state index in [1.807, 2.05) is 30.3 Å². The molecule has 3 heterocycles. The van der Waals surface area contributed by atoms with Crippen molar-refractivity contribution in [2.45, 2.75) is 19.9 Å².